The van der Waals surface area contributed by atoms with Gasteiger partial charge in [0.15, 0.2) is 0 Å². The first-order valence-corrected chi connectivity index (χ1v) is 14.6. The number of hydrogen-bond donors (Lipinski definition) is 3. The van der Waals surface area contributed by atoms with Crippen molar-refractivity contribution in [2.75, 3.05) is 11.9 Å². The summed E-state index contributed by atoms with van der Waals surface area (Å²) >= 11 is 0. The van der Waals surface area contributed by atoms with Gasteiger partial charge in [-0.05, 0) is 50.2 Å². The number of nitrogens with one attached hydrogen (secondary N) is 2. The van der Waals surface area contributed by atoms with Gasteiger partial charge in [0.05, 0.1) is 30.1 Å². The molecule has 3 heterocycles. The fourth-order valence-electron chi connectivity index (χ4n) is 7.79. The molecule has 7 atom stereocenters. The fourth-order valence-corrected chi connectivity index (χ4v) is 7.79. The lowest BCUT2D eigenvalue weighted by Gasteiger charge is -2.40. The first-order valence-electron chi connectivity index (χ1n) is 14.6. The molecular formula is C30H43N3O5. The molecule has 8 heteroatoms. The van der Waals surface area contributed by atoms with Crippen LogP contribution < -0.4 is 10.6 Å². The molecule has 1 aliphatic carbocycles. The maximum atomic E-state index is 14.4. The summed E-state index contributed by atoms with van der Waals surface area (Å²) in [7, 11) is 0. The number of hydrogen-bond acceptors (Lipinski definition) is 5. The minimum atomic E-state index is -1.08. The molecule has 4 aliphatic rings. The number of carbonyl (C=O) groups excluding carboxylic acids is 3. The van der Waals surface area contributed by atoms with Crippen molar-refractivity contribution >= 4 is 23.4 Å². The van der Waals surface area contributed by atoms with Crippen molar-refractivity contribution in [1.82, 2.24) is 10.2 Å². The number of amides is 3. The van der Waals surface area contributed by atoms with E-state index in [1.54, 1.807) is 4.90 Å². The number of ether oxygens (including phenoxy) is 1. The second kappa shape index (κ2) is 10.6. The van der Waals surface area contributed by atoms with E-state index in [-0.39, 0.29) is 36.3 Å². The first-order chi connectivity index (χ1) is 18.3. The van der Waals surface area contributed by atoms with E-state index >= 15 is 0 Å². The summed E-state index contributed by atoms with van der Waals surface area (Å²) < 4.78 is 6.86. The monoisotopic (exact) mass is 525 g/mol. The van der Waals surface area contributed by atoms with Crippen LogP contribution in [0.25, 0.3) is 0 Å². The molecule has 4 fully saturated rings. The Kier molecular flexibility index (Phi) is 7.57. The molecule has 1 saturated carbocycles. The molecule has 38 heavy (non-hydrogen) atoms. The predicted octanol–water partition coefficient (Wildman–Crippen LogP) is 3.64. The lowest BCUT2D eigenvalue weighted by Crippen LogP contribution is -2.60. The zero-order valence-corrected chi connectivity index (χ0v) is 22.9. The summed E-state index contributed by atoms with van der Waals surface area (Å²) in [5, 5.41) is 16.8. The van der Waals surface area contributed by atoms with Gasteiger partial charge in [-0.2, -0.15) is 0 Å². The molecule has 3 amide bonds. The lowest BCUT2D eigenvalue weighted by atomic mass is 9.65. The maximum Gasteiger partial charge on any atom is 0.246 e. The van der Waals surface area contributed by atoms with Crippen molar-refractivity contribution in [3.63, 3.8) is 0 Å². The van der Waals surface area contributed by atoms with Crippen LogP contribution in [0, 0.1) is 17.8 Å². The highest BCUT2D eigenvalue weighted by Crippen LogP contribution is 2.64. The van der Waals surface area contributed by atoms with Crippen molar-refractivity contribution < 1.29 is 24.2 Å². The average Bonchev–Trinajstić information content (AvgIpc) is 3.54. The van der Waals surface area contributed by atoms with Gasteiger partial charge in [0.25, 0.3) is 0 Å². The quantitative estimate of drug-likeness (QED) is 0.456. The molecule has 0 radical (unpaired) electrons. The van der Waals surface area contributed by atoms with Gasteiger partial charge in [-0.25, -0.2) is 0 Å². The summed E-state index contributed by atoms with van der Waals surface area (Å²) in [4.78, 5) is 44.0. The minimum Gasteiger partial charge on any atom is -0.394 e. The molecule has 2 unspecified atom stereocenters. The topological polar surface area (TPSA) is 108 Å². The van der Waals surface area contributed by atoms with Crippen LogP contribution in [0.5, 0.6) is 0 Å². The van der Waals surface area contributed by atoms with Crippen LogP contribution in [-0.4, -0.2) is 63.7 Å². The zero-order valence-electron chi connectivity index (χ0n) is 22.9. The normalized spacial score (nSPS) is 34.2. The van der Waals surface area contributed by atoms with Gasteiger partial charge >= 0.3 is 0 Å². The Balaban J connectivity index is 1.54. The largest absolute Gasteiger partial charge is 0.394 e. The number of aliphatic hydroxyl groups excluding tert-OH is 1. The Hall–Kier alpha value is -2.45. The number of anilines is 1. The summed E-state index contributed by atoms with van der Waals surface area (Å²) in [6.45, 7) is 5.78. The first kappa shape index (κ1) is 27.1. The SMILES string of the molecule is CC[C@H](C)[C@H](CO)N1C(=O)[C@@H]2[C@H](C(=O)Nc3ccccc3)[C@]3(CC)CCC2(O3)C1C(=O)NC1CCCCC1. The van der Waals surface area contributed by atoms with E-state index < -0.39 is 35.1 Å². The number of aliphatic hydroxyl groups is 1. The second-order valence-electron chi connectivity index (χ2n) is 11.9. The summed E-state index contributed by atoms with van der Waals surface area (Å²) in [5.74, 6) is -2.17. The van der Waals surface area contributed by atoms with Gasteiger partial charge in [0, 0.05) is 11.7 Å². The molecular weight excluding hydrogens is 482 g/mol. The molecule has 3 saturated heterocycles. The number of carbonyl (C=O) groups is 3. The van der Waals surface area contributed by atoms with Crippen molar-refractivity contribution in [2.24, 2.45) is 17.8 Å². The standard InChI is InChI=1S/C30H43N3O5/c1-4-19(3)22(18-34)33-25(27(36)32-21-14-10-7-11-15-21)30-17-16-29(5-2,38-30)23(24(30)28(33)37)26(35)31-20-12-8-6-9-13-20/h6,8-9,12-13,19,21-25,34H,4-5,7,10-11,14-18H2,1-3H3,(H,31,35)(H,32,36)/t19-,22-,23+,24-,25?,29-,30?/m0/s1. The summed E-state index contributed by atoms with van der Waals surface area (Å²) in [6.07, 6.45) is 7.69. The number of likely N-dealkylation sites (tertiary alicyclic amines) is 1. The average molecular weight is 526 g/mol. The zero-order chi connectivity index (χ0) is 27.1. The van der Waals surface area contributed by atoms with E-state index in [4.69, 9.17) is 4.74 Å². The van der Waals surface area contributed by atoms with E-state index in [9.17, 15) is 19.5 Å². The molecule has 1 spiro atoms. The molecule has 8 nitrogen and oxygen atoms in total. The Morgan fingerprint density at radius 1 is 1.11 bits per heavy atom. The predicted molar refractivity (Wildman–Crippen MR) is 144 cm³/mol. The van der Waals surface area contributed by atoms with Gasteiger partial charge in [0.1, 0.15) is 11.6 Å². The highest BCUT2D eigenvalue weighted by atomic mass is 16.5. The third kappa shape index (κ3) is 4.24. The Morgan fingerprint density at radius 3 is 2.45 bits per heavy atom. The number of para-hydroxylation sites is 1. The molecule has 5 rings (SSSR count). The van der Waals surface area contributed by atoms with E-state index in [1.165, 1.54) is 6.42 Å². The van der Waals surface area contributed by atoms with E-state index in [0.29, 0.717) is 24.9 Å². The highest BCUT2D eigenvalue weighted by Gasteiger charge is 2.79. The summed E-state index contributed by atoms with van der Waals surface area (Å²) in [6, 6.07) is 7.95. The number of nitrogens with zero attached hydrogens (tertiary/aromatic N) is 1. The fraction of sp³-hybridized carbons (Fsp3) is 0.700. The lowest BCUT2D eigenvalue weighted by molar-refractivity contribution is -0.152. The Labute approximate surface area is 225 Å². The number of fused-ring (bicyclic) bond motifs is 1. The summed E-state index contributed by atoms with van der Waals surface area (Å²) in [5.41, 5.74) is -1.20. The molecule has 0 aromatic heterocycles. The van der Waals surface area contributed by atoms with Crippen molar-refractivity contribution in [3.8, 4) is 0 Å². The van der Waals surface area contributed by atoms with Gasteiger partial charge < -0.3 is 25.4 Å². The van der Waals surface area contributed by atoms with E-state index in [1.807, 2.05) is 51.1 Å². The molecule has 2 bridgehead atoms. The Bertz CT molecular complexity index is 1040. The van der Waals surface area contributed by atoms with Crippen molar-refractivity contribution in [2.45, 2.75) is 108 Å². The maximum absolute atomic E-state index is 14.4. The van der Waals surface area contributed by atoms with Gasteiger partial charge in [-0.15, -0.1) is 0 Å². The van der Waals surface area contributed by atoms with Crippen LogP contribution in [0.1, 0.15) is 78.6 Å². The van der Waals surface area contributed by atoms with Crippen molar-refractivity contribution in [1.29, 1.82) is 0 Å². The molecule has 1 aromatic carbocycles. The highest BCUT2D eigenvalue weighted by molar-refractivity contribution is 6.02. The number of benzene rings is 1. The second-order valence-corrected chi connectivity index (χ2v) is 11.9. The molecule has 208 valence electrons. The minimum absolute atomic E-state index is 0.0157. The van der Waals surface area contributed by atoms with Crippen LogP contribution in [0.15, 0.2) is 30.3 Å². The van der Waals surface area contributed by atoms with Crippen LogP contribution in [0.3, 0.4) is 0 Å². The number of rotatable bonds is 9. The molecule has 3 N–H and O–H groups in total. The van der Waals surface area contributed by atoms with Crippen LogP contribution >= 0.6 is 0 Å². The van der Waals surface area contributed by atoms with Gasteiger partial charge in [-0.3, -0.25) is 14.4 Å². The van der Waals surface area contributed by atoms with Crippen molar-refractivity contribution in [3.05, 3.63) is 30.3 Å². The molecule has 3 aliphatic heterocycles. The van der Waals surface area contributed by atoms with E-state index in [2.05, 4.69) is 10.6 Å². The molecule has 1 aromatic rings. The van der Waals surface area contributed by atoms with Gasteiger partial charge in [0.2, 0.25) is 17.7 Å². The Morgan fingerprint density at radius 2 is 1.82 bits per heavy atom. The van der Waals surface area contributed by atoms with Gasteiger partial charge in [-0.1, -0.05) is 64.7 Å². The van der Waals surface area contributed by atoms with Crippen LogP contribution in [0.4, 0.5) is 5.69 Å². The van der Waals surface area contributed by atoms with Crippen LogP contribution in [0.2, 0.25) is 0 Å². The van der Waals surface area contributed by atoms with E-state index in [0.717, 1.165) is 32.1 Å². The smallest absolute Gasteiger partial charge is 0.246 e. The van der Waals surface area contributed by atoms with Crippen LogP contribution in [-0.2, 0) is 19.1 Å². The third-order valence-electron chi connectivity index (χ3n) is 9.99. The third-order valence-corrected chi connectivity index (χ3v) is 9.99.